The van der Waals surface area contributed by atoms with Crippen LogP contribution in [0, 0.1) is 0 Å². The summed E-state index contributed by atoms with van der Waals surface area (Å²) in [6, 6.07) is 3.97. The van der Waals surface area contributed by atoms with Crippen molar-refractivity contribution in [3.8, 4) is 0 Å². The van der Waals surface area contributed by atoms with Gasteiger partial charge in [0.15, 0.2) is 0 Å². The largest absolute Gasteiger partial charge is 0.478 e. The molecule has 1 aromatic carbocycles. The van der Waals surface area contributed by atoms with Gasteiger partial charge in [0, 0.05) is 6.42 Å². The Balaban J connectivity index is 2.63. The minimum atomic E-state index is -1.12. The molecule has 0 radical (unpaired) electrons. The van der Waals surface area contributed by atoms with Crippen molar-refractivity contribution in [3.63, 3.8) is 0 Å². The smallest absolute Gasteiger partial charge is 0.335 e. The van der Waals surface area contributed by atoms with E-state index in [1.807, 2.05) is 0 Å². The number of rotatable bonds is 6. The minimum Gasteiger partial charge on any atom is -0.478 e. The summed E-state index contributed by atoms with van der Waals surface area (Å²) in [5, 5.41) is 11.5. The van der Waals surface area contributed by atoms with Gasteiger partial charge in [-0.3, -0.25) is 9.59 Å². The number of carboxylic acids is 1. The lowest BCUT2D eigenvalue weighted by atomic mass is 10.2. The molecule has 0 bridgehead atoms. The van der Waals surface area contributed by atoms with Crippen molar-refractivity contribution in [1.82, 2.24) is 0 Å². The van der Waals surface area contributed by atoms with Crippen molar-refractivity contribution in [2.24, 2.45) is 0 Å². The second kappa shape index (κ2) is 7.49. The maximum absolute atomic E-state index is 11.6. The van der Waals surface area contributed by atoms with E-state index in [9.17, 15) is 14.4 Å². The zero-order chi connectivity index (χ0) is 15.1. The fraction of sp³-hybridized carbons (Fsp3) is 0.308. The number of ether oxygens (including phenoxy) is 1. The van der Waals surface area contributed by atoms with Crippen molar-refractivity contribution < 1.29 is 24.2 Å². The SMILES string of the molecule is CCOC(=O)CCC(=O)Nc1cc(C(=O)O)ccc1Cl. The summed E-state index contributed by atoms with van der Waals surface area (Å²) in [5.74, 6) is -2.03. The fourth-order valence-electron chi connectivity index (χ4n) is 1.42. The number of hydrogen-bond acceptors (Lipinski definition) is 4. The first-order valence-corrected chi connectivity index (χ1v) is 6.30. The maximum Gasteiger partial charge on any atom is 0.335 e. The average Bonchev–Trinajstić information content (AvgIpc) is 2.39. The van der Waals surface area contributed by atoms with Crippen LogP contribution in [-0.2, 0) is 14.3 Å². The fourth-order valence-corrected chi connectivity index (χ4v) is 1.58. The van der Waals surface area contributed by atoms with Crippen LogP contribution < -0.4 is 5.32 Å². The molecule has 6 nitrogen and oxygen atoms in total. The quantitative estimate of drug-likeness (QED) is 0.786. The molecular weight excluding hydrogens is 286 g/mol. The highest BCUT2D eigenvalue weighted by molar-refractivity contribution is 6.33. The van der Waals surface area contributed by atoms with E-state index >= 15 is 0 Å². The predicted molar refractivity (Wildman–Crippen MR) is 72.9 cm³/mol. The molecule has 1 aromatic rings. The molecule has 0 spiro atoms. The number of anilines is 1. The molecule has 0 aromatic heterocycles. The van der Waals surface area contributed by atoms with Crippen LogP contribution in [0.1, 0.15) is 30.1 Å². The number of benzene rings is 1. The summed E-state index contributed by atoms with van der Waals surface area (Å²) >= 11 is 5.86. The molecule has 7 heteroatoms. The van der Waals surface area contributed by atoms with Crippen LogP contribution in [-0.4, -0.2) is 29.6 Å². The molecule has 0 saturated carbocycles. The highest BCUT2D eigenvalue weighted by Crippen LogP contribution is 2.23. The van der Waals surface area contributed by atoms with Crippen LogP contribution in [0.2, 0.25) is 5.02 Å². The Bertz CT molecular complexity index is 529. The van der Waals surface area contributed by atoms with Gasteiger partial charge >= 0.3 is 11.9 Å². The molecule has 0 aliphatic carbocycles. The molecule has 0 heterocycles. The molecule has 108 valence electrons. The number of aromatic carboxylic acids is 1. The van der Waals surface area contributed by atoms with Gasteiger partial charge in [-0.1, -0.05) is 11.6 Å². The van der Waals surface area contributed by atoms with Crippen LogP contribution >= 0.6 is 11.6 Å². The Labute approximate surface area is 120 Å². The Kier molecular flexibility index (Phi) is 5.99. The van der Waals surface area contributed by atoms with E-state index in [1.54, 1.807) is 6.92 Å². The van der Waals surface area contributed by atoms with Crippen LogP contribution in [0.5, 0.6) is 0 Å². The molecule has 0 saturated heterocycles. The van der Waals surface area contributed by atoms with Crippen molar-refractivity contribution >= 4 is 35.1 Å². The number of esters is 1. The molecule has 0 aliphatic heterocycles. The molecule has 1 rings (SSSR count). The van der Waals surface area contributed by atoms with Gasteiger partial charge in [-0.25, -0.2) is 4.79 Å². The Hall–Kier alpha value is -2.08. The Morgan fingerprint density at radius 2 is 2.00 bits per heavy atom. The van der Waals surface area contributed by atoms with Gasteiger partial charge in [0.2, 0.25) is 5.91 Å². The maximum atomic E-state index is 11.6. The first kappa shape index (κ1) is 16.0. The number of carbonyl (C=O) groups is 3. The lowest BCUT2D eigenvalue weighted by Crippen LogP contribution is -2.15. The molecule has 0 aliphatic rings. The third-order valence-electron chi connectivity index (χ3n) is 2.35. The number of carboxylic acid groups (broad SMARTS) is 1. The van der Waals surface area contributed by atoms with Crippen LogP contribution in [0.25, 0.3) is 0 Å². The molecule has 1 amide bonds. The first-order chi connectivity index (χ1) is 9.43. The van der Waals surface area contributed by atoms with Gasteiger partial charge in [-0.05, 0) is 25.1 Å². The van der Waals surface area contributed by atoms with Crippen LogP contribution in [0.4, 0.5) is 5.69 Å². The second-order valence-corrected chi connectivity index (χ2v) is 4.26. The van der Waals surface area contributed by atoms with Gasteiger partial charge in [-0.2, -0.15) is 0 Å². The average molecular weight is 300 g/mol. The van der Waals surface area contributed by atoms with Crippen molar-refractivity contribution in [3.05, 3.63) is 28.8 Å². The lowest BCUT2D eigenvalue weighted by Gasteiger charge is -2.08. The predicted octanol–water partition coefficient (Wildman–Crippen LogP) is 2.32. The van der Waals surface area contributed by atoms with E-state index < -0.39 is 17.8 Å². The summed E-state index contributed by atoms with van der Waals surface area (Å²) in [5.41, 5.74) is 0.204. The number of nitrogens with one attached hydrogen (secondary N) is 1. The summed E-state index contributed by atoms with van der Waals surface area (Å²) in [6.07, 6.45) is -0.109. The van der Waals surface area contributed by atoms with Crippen molar-refractivity contribution in [2.45, 2.75) is 19.8 Å². The summed E-state index contributed by atoms with van der Waals surface area (Å²) in [4.78, 5) is 33.6. The zero-order valence-electron chi connectivity index (χ0n) is 10.8. The molecule has 0 unspecified atom stereocenters. The van der Waals surface area contributed by atoms with Gasteiger partial charge < -0.3 is 15.2 Å². The molecular formula is C13H14ClNO5. The second-order valence-electron chi connectivity index (χ2n) is 3.85. The highest BCUT2D eigenvalue weighted by Gasteiger charge is 2.11. The van der Waals surface area contributed by atoms with E-state index in [-0.39, 0.29) is 35.7 Å². The molecule has 0 atom stereocenters. The monoisotopic (exact) mass is 299 g/mol. The summed E-state index contributed by atoms with van der Waals surface area (Å²) in [7, 11) is 0. The van der Waals surface area contributed by atoms with Crippen molar-refractivity contribution in [2.75, 3.05) is 11.9 Å². The lowest BCUT2D eigenvalue weighted by molar-refractivity contribution is -0.144. The highest BCUT2D eigenvalue weighted by atomic mass is 35.5. The molecule has 2 N–H and O–H groups in total. The van der Waals surface area contributed by atoms with Gasteiger partial charge in [-0.15, -0.1) is 0 Å². The first-order valence-electron chi connectivity index (χ1n) is 5.92. The van der Waals surface area contributed by atoms with E-state index in [0.717, 1.165) is 0 Å². The topological polar surface area (TPSA) is 92.7 Å². The van der Waals surface area contributed by atoms with E-state index in [2.05, 4.69) is 5.32 Å². The third kappa shape index (κ3) is 4.89. The number of carbonyl (C=O) groups excluding carboxylic acids is 2. The number of hydrogen-bond donors (Lipinski definition) is 2. The van der Waals surface area contributed by atoms with E-state index in [4.69, 9.17) is 21.4 Å². The van der Waals surface area contributed by atoms with Gasteiger partial charge in [0.05, 0.1) is 29.3 Å². The van der Waals surface area contributed by atoms with E-state index in [0.29, 0.717) is 0 Å². The van der Waals surface area contributed by atoms with Gasteiger partial charge in [0.25, 0.3) is 0 Å². The van der Waals surface area contributed by atoms with E-state index in [1.165, 1.54) is 18.2 Å². The molecule has 20 heavy (non-hydrogen) atoms. The Morgan fingerprint density at radius 1 is 1.30 bits per heavy atom. The Morgan fingerprint density at radius 3 is 2.60 bits per heavy atom. The zero-order valence-corrected chi connectivity index (χ0v) is 11.6. The molecule has 0 fully saturated rings. The van der Waals surface area contributed by atoms with Crippen LogP contribution in [0.3, 0.4) is 0 Å². The number of amides is 1. The standard InChI is InChI=1S/C13H14ClNO5/c1-2-20-12(17)6-5-11(16)15-10-7-8(13(18)19)3-4-9(10)14/h3-4,7H,2,5-6H2,1H3,(H,15,16)(H,18,19). The number of halogens is 1. The normalized spacial score (nSPS) is 9.90. The minimum absolute atomic E-state index is 0.00935. The third-order valence-corrected chi connectivity index (χ3v) is 2.68. The van der Waals surface area contributed by atoms with Crippen LogP contribution in [0.15, 0.2) is 18.2 Å². The van der Waals surface area contributed by atoms with Gasteiger partial charge in [0.1, 0.15) is 0 Å². The summed E-state index contributed by atoms with van der Waals surface area (Å²) < 4.78 is 4.69. The summed E-state index contributed by atoms with van der Waals surface area (Å²) in [6.45, 7) is 1.93. The van der Waals surface area contributed by atoms with Crippen molar-refractivity contribution in [1.29, 1.82) is 0 Å².